The lowest BCUT2D eigenvalue weighted by Crippen LogP contribution is -2.57. The maximum Gasteiger partial charge on any atom is 0.405 e. The fourth-order valence-electron chi connectivity index (χ4n) is 5.84. The van der Waals surface area contributed by atoms with E-state index < -0.39 is 87.7 Å². The first kappa shape index (κ1) is 47.0. The quantitative estimate of drug-likeness (QED) is 0.126. The molecule has 19 heteroatoms. The summed E-state index contributed by atoms with van der Waals surface area (Å²) in [6.07, 6.45) is 3.96. The molecule has 318 valence electrons. The van der Waals surface area contributed by atoms with Gasteiger partial charge in [-0.25, -0.2) is 22.8 Å². The van der Waals surface area contributed by atoms with Crippen LogP contribution < -0.4 is 20.9 Å². The molecule has 2 aliphatic carbocycles. The minimum Gasteiger partial charge on any atom is -0.465 e. The molecule has 2 heterocycles. The molecular weight excluding hydrogens is 777 g/mol. The monoisotopic (exact) mass is 830 g/mol. The van der Waals surface area contributed by atoms with Crippen molar-refractivity contribution in [2.75, 3.05) is 19.7 Å². The number of hydrogen-bond donors (Lipinski definition) is 5. The van der Waals surface area contributed by atoms with E-state index in [-0.39, 0.29) is 25.7 Å². The zero-order chi connectivity index (χ0) is 42.5. The van der Waals surface area contributed by atoms with Crippen LogP contribution in [-0.4, -0.2) is 97.1 Å². The van der Waals surface area contributed by atoms with E-state index in [9.17, 15) is 45.7 Å². The minimum atomic E-state index is -3.43. The molecule has 5 rings (SSSR count). The van der Waals surface area contributed by atoms with E-state index in [2.05, 4.69) is 40.8 Å². The molecule has 3 unspecified atom stereocenters. The molecule has 1 aliphatic heterocycles. The zero-order valence-corrected chi connectivity index (χ0v) is 33.6. The Morgan fingerprint density at radius 2 is 1.72 bits per heavy atom. The van der Waals surface area contributed by atoms with Crippen LogP contribution in [0.4, 0.5) is 22.4 Å². The summed E-state index contributed by atoms with van der Waals surface area (Å²) in [7, 11) is -1.77. The predicted octanol–water partition coefficient (Wildman–Crippen LogP) is 5.16. The number of alkyl halides is 4. The number of halogens is 4. The Hall–Kier alpha value is -4.39. The number of para-hydroxylation sites is 2. The molecule has 57 heavy (non-hydrogen) atoms. The van der Waals surface area contributed by atoms with Crippen molar-refractivity contribution in [3.63, 3.8) is 0 Å². The Labute approximate surface area is 331 Å². The van der Waals surface area contributed by atoms with Gasteiger partial charge in [0, 0.05) is 12.5 Å². The average molecular weight is 831 g/mol. The number of allylic oxidation sites excluding steroid dienone is 1. The van der Waals surface area contributed by atoms with Crippen molar-refractivity contribution in [2.24, 2.45) is 11.8 Å². The van der Waals surface area contributed by atoms with Crippen LogP contribution in [0, 0.1) is 11.8 Å². The second-order valence-corrected chi connectivity index (χ2v) is 16.9. The van der Waals surface area contributed by atoms with Crippen molar-refractivity contribution in [1.82, 2.24) is 30.2 Å². The predicted molar refractivity (Wildman–Crippen MR) is 206 cm³/mol. The van der Waals surface area contributed by atoms with E-state index >= 15 is 0 Å². The normalized spacial score (nSPS) is 19.3. The Kier molecular flexibility index (Phi) is 17.6. The molecule has 1 aromatic carbocycles. The van der Waals surface area contributed by atoms with E-state index in [1.807, 2.05) is 5.32 Å². The van der Waals surface area contributed by atoms with Gasteiger partial charge in [0.2, 0.25) is 18.2 Å². The van der Waals surface area contributed by atoms with Crippen molar-refractivity contribution in [3.05, 3.63) is 52.5 Å². The van der Waals surface area contributed by atoms with Gasteiger partial charge in [-0.3, -0.25) is 23.9 Å². The zero-order valence-electron chi connectivity index (χ0n) is 32.8. The molecule has 2 saturated carbocycles. The summed E-state index contributed by atoms with van der Waals surface area (Å²) >= 11 is 0. The number of fused-ring (bicyclic) bond motifs is 1. The van der Waals surface area contributed by atoms with Gasteiger partial charge in [0.1, 0.15) is 29.6 Å². The van der Waals surface area contributed by atoms with E-state index in [0.717, 1.165) is 43.4 Å². The number of hydrogen-bond acceptors (Lipinski definition) is 8. The van der Waals surface area contributed by atoms with Crippen LogP contribution in [0.5, 0.6) is 0 Å². The number of carbonyl (C=O) groups is 4. The van der Waals surface area contributed by atoms with Crippen molar-refractivity contribution in [3.8, 4) is 0 Å². The van der Waals surface area contributed by atoms with Gasteiger partial charge in [0.15, 0.2) is 5.69 Å². The van der Waals surface area contributed by atoms with Crippen LogP contribution in [0.15, 0.2) is 41.2 Å². The topological polar surface area (TPSA) is 200 Å². The maximum atomic E-state index is 14.2. The number of aromatic nitrogens is 2. The highest BCUT2D eigenvalue weighted by Gasteiger charge is 2.46. The third kappa shape index (κ3) is 14.5. The SMILES string of the molecule is CC(C)C.C[C@@H](C(F)F)C(NC(=O)C1CCCN1C(=O)CNC(=O)O)C(=O)NS(=O)C1(C)CC1.O=c1[nH]c2ccccc2nc1C(F)(F)/C=C/COC1CCCC1. The number of benzene rings is 1. The Morgan fingerprint density at radius 1 is 1.09 bits per heavy atom. The van der Waals surface area contributed by atoms with E-state index in [1.54, 1.807) is 31.2 Å². The third-order valence-corrected chi connectivity index (χ3v) is 11.0. The van der Waals surface area contributed by atoms with Crippen LogP contribution >= 0.6 is 0 Å². The van der Waals surface area contributed by atoms with Gasteiger partial charge in [-0.2, -0.15) is 8.78 Å². The number of amides is 4. The number of rotatable bonds is 14. The molecular formula is C38H54F4N6O8S. The molecule has 4 atom stereocenters. The summed E-state index contributed by atoms with van der Waals surface area (Å²) < 4.78 is 74.4. The number of nitrogens with one attached hydrogen (secondary N) is 4. The first-order valence-corrected chi connectivity index (χ1v) is 20.1. The van der Waals surface area contributed by atoms with Crippen LogP contribution in [0.1, 0.15) is 91.7 Å². The minimum absolute atomic E-state index is 0.117. The molecule has 1 saturated heterocycles. The summed E-state index contributed by atoms with van der Waals surface area (Å²) in [4.78, 5) is 67.2. The standard InChI is InChI=1S/C17H26F2N4O6S.C17H18F2N2O2.C4H10/c1-9(13(18)19)12(15(26)22-30(29)17(2)5-6-17)21-14(25)10-4-3-7-23(10)11(24)8-20-16(27)28;18-17(19,10-5-11-23-12-6-1-2-7-12)15-16(22)21-14-9-4-3-8-13(14)20-15;1-4(2)3/h9-10,12-13,20H,3-8H2,1-2H3,(H,21,25)(H,22,26)(H,27,28);3-5,8-10,12H,1-2,6-7,11H2,(H,21,22);4H,1-3H3/b;10-5+;/t9-,10?,12?,30?;;/m1../s1. The van der Waals surface area contributed by atoms with Crippen molar-refractivity contribution < 1.29 is 50.8 Å². The Morgan fingerprint density at radius 3 is 2.32 bits per heavy atom. The summed E-state index contributed by atoms with van der Waals surface area (Å²) in [6.45, 7) is 9.06. The van der Waals surface area contributed by atoms with Crippen molar-refractivity contribution in [2.45, 2.75) is 121 Å². The molecule has 3 aliphatic rings. The number of carboxylic acid groups (broad SMARTS) is 1. The number of aromatic amines is 1. The van der Waals surface area contributed by atoms with Gasteiger partial charge >= 0.3 is 12.0 Å². The Balaban J connectivity index is 0.000000286. The number of H-pyrrole nitrogens is 1. The van der Waals surface area contributed by atoms with Gasteiger partial charge in [-0.05, 0) is 69.6 Å². The van der Waals surface area contributed by atoms with Crippen LogP contribution in [-0.2, 0) is 36.0 Å². The molecule has 0 bridgehead atoms. The second-order valence-electron chi connectivity index (χ2n) is 15.2. The van der Waals surface area contributed by atoms with Gasteiger partial charge in [-0.15, -0.1) is 0 Å². The van der Waals surface area contributed by atoms with Gasteiger partial charge < -0.3 is 30.4 Å². The van der Waals surface area contributed by atoms with Gasteiger partial charge in [0.05, 0.1) is 28.5 Å². The van der Waals surface area contributed by atoms with Gasteiger partial charge in [0.25, 0.3) is 11.5 Å². The summed E-state index contributed by atoms with van der Waals surface area (Å²) in [6, 6.07) is 3.94. The molecule has 0 radical (unpaired) electrons. The molecule has 4 amide bonds. The fourth-order valence-corrected chi connectivity index (χ4v) is 6.87. The molecule has 14 nitrogen and oxygen atoms in total. The summed E-state index contributed by atoms with van der Waals surface area (Å²) in [5.74, 6) is -6.58. The van der Waals surface area contributed by atoms with Gasteiger partial charge in [-0.1, -0.05) is 58.7 Å². The lowest BCUT2D eigenvalue weighted by atomic mass is 10.0. The summed E-state index contributed by atoms with van der Waals surface area (Å²) in [5.41, 5.74) is -0.911. The molecule has 0 spiro atoms. The Bertz CT molecular complexity index is 1800. The maximum absolute atomic E-state index is 14.2. The van der Waals surface area contributed by atoms with Crippen molar-refractivity contribution in [1.29, 1.82) is 0 Å². The average Bonchev–Trinajstić information content (AvgIpc) is 3.48. The third-order valence-electron chi connectivity index (χ3n) is 9.34. The molecule has 2 aromatic rings. The fraction of sp³-hybridized carbons (Fsp3) is 0.632. The molecule has 5 N–H and O–H groups in total. The largest absolute Gasteiger partial charge is 0.465 e. The highest BCUT2D eigenvalue weighted by Crippen LogP contribution is 2.40. The first-order valence-electron chi connectivity index (χ1n) is 19.0. The highest BCUT2D eigenvalue weighted by atomic mass is 32.2. The number of nitrogens with zero attached hydrogens (tertiary/aromatic N) is 2. The number of ether oxygens (including phenoxy) is 1. The molecule has 3 fully saturated rings. The lowest BCUT2D eigenvalue weighted by molar-refractivity contribution is -0.139. The number of likely N-dealkylation sites (tertiary alicyclic amines) is 1. The lowest BCUT2D eigenvalue weighted by Gasteiger charge is -2.28. The van der Waals surface area contributed by atoms with Crippen LogP contribution in [0.3, 0.4) is 0 Å². The summed E-state index contributed by atoms with van der Waals surface area (Å²) in [5, 5.41) is 12.8. The number of carbonyl (C=O) groups excluding carboxylic acids is 3. The van der Waals surface area contributed by atoms with Crippen molar-refractivity contribution >= 4 is 45.8 Å². The smallest absolute Gasteiger partial charge is 0.405 e. The highest BCUT2D eigenvalue weighted by molar-refractivity contribution is 7.85. The van der Waals surface area contributed by atoms with E-state index in [4.69, 9.17) is 9.84 Å². The van der Waals surface area contributed by atoms with Crippen LogP contribution in [0.25, 0.3) is 11.0 Å². The first-order chi connectivity index (χ1) is 26.8. The van der Waals surface area contributed by atoms with Crippen LogP contribution in [0.2, 0.25) is 0 Å². The van der Waals surface area contributed by atoms with E-state index in [0.29, 0.717) is 36.4 Å². The molecule has 1 aromatic heterocycles. The van der Waals surface area contributed by atoms with E-state index in [1.165, 1.54) is 6.08 Å². The second kappa shape index (κ2) is 21.4.